The van der Waals surface area contributed by atoms with Crippen LogP contribution in [-0.2, 0) is 18.8 Å². The third-order valence-corrected chi connectivity index (χ3v) is 7.75. The molecule has 11 nitrogen and oxygen atoms in total. The molecule has 0 fully saturated rings. The number of imidazole rings is 1. The molecule has 4 atom stereocenters. The molecule has 0 bridgehead atoms. The summed E-state index contributed by atoms with van der Waals surface area (Å²) in [4.78, 5) is 25.5. The molecule has 4 unspecified atom stereocenters. The van der Waals surface area contributed by atoms with Crippen molar-refractivity contribution in [1.82, 2.24) is 24.6 Å². The van der Waals surface area contributed by atoms with Crippen LogP contribution >= 0.6 is 8.53 Å². The lowest BCUT2D eigenvalue weighted by Crippen LogP contribution is -2.35. The summed E-state index contributed by atoms with van der Waals surface area (Å²) in [6.45, 7) is 14.4. The lowest BCUT2D eigenvalue weighted by Gasteiger charge is -2.26. The number of nitrogens with two attached hydrogens (primary N) is 1. The number of carbonyl (C=O) groups excluding carboxylic acids is 1. The first-order valence-electron chi connectivity index (χ1n) is 14.5. The van der Waals surface area contributed by atoms with Crippen LogP contribution < -0.4 is 15.3 Å². The first-order chi connectivity index (χ1) is 20.6. The van der Waals surface area contributed by atoms with Gasteiger partial charge in [0.15, 0.2) is 11.5 Å². The summed E-state index contributed by atoms with van der Waals surface area (Å²) in [5.74, 6) is 0.620. The van der Waals surface area contributed by atoms with E-state index in [1.165, 1.54) is 6.33 Å². The summed E-state index contributed by atoms with van der Waals surface area (Å²) in [5.41, 5.74) is 7.03. The Hall–Kier alpha value is -3.37. The maximum absolute atomic E-state index is 12.8. The third-order valence-electron chi connectivity index (χ3n) is 6.41. The molecule has 0 saturated carbocycles. The Kier molecular flexibility index (Phi) is 12.6. The zero-order valence-electron chi connectivity index (χ0n) is 26.4. The van der Waals surface area contributed by atoms with Gasteiger partial charge in [0.05, 0.1) is 25.6 Å². The van der Waals surface area contributed by atoms with Gasteiger partial charge in [0.25, 0.3) is 0 Å². The van der Waals surface area contributed by atoms with Crippen molar-refractivity contribution >= 4 is 42.2 Å². The highest BCUT2D eigenvalue weighted by Gasteiger charge is 2.26. The van der Waals surface area contributed by atoms with Gasteiger partial charge in [-0.05, 0) is 37.1 Å². The van der Waals surface area contributed by atoms with Crippen molar-refractivity contribution in [2.75, 3.05) is 26.1 Å². The minimum Gasteiger partial charge on any atom is -0.464 e. The average Bonchev–Trinajstić information content (AvgIpc) is 3.44. The van der Waals surface area contributed by atoms with Crippen LogP contribution in [-0.4, -0.2) is 58.0 Å². The van der Waals surface area contributed by atoms with Crippen LogP contribution in [0.4, 0.5) is 5.82 Å². The number of carbonyl (C=O) groups is 1. The second kappa shape index (κ2) is 15.9. The predicted octanol–water partition coefficient (Wildman–Crippen LogP) is 6.44. The number of fused-ring (bicyclic) bond motifs is 2. The average molecular weight is 613 g/mol. The van der Waals surface area contributed by atoms with Crippen LogP contribution in [0.2, 0.25) is 0 Å². The maximum Gasteiger partial charge on any atom is 0.323 e. The molecule has 0 aliphatic heterocycles. The standard InChI is InChI=1S/C29H39N6O5P.C2H6/c1-19(35-18-33-25-26(30)31-17-32-27(25)35)14-22(37-6)15-39-41(34-20(2)28(36)38-16-29(3,4)5)40-24-13-9-11-21-10-7-8-12-23(21)24;1-2/h7-13,17-20,22,34H,14-16H2,1-6H3,(H2,30,31,32);1-2H3. The summed E-state index contributed by atoms with van der Waals surface area (Å²) in [5, 5.41) is 5.19. The lowest BCUT2D eigenvalue weighted by molar-refractivity contribution is -0.148. The summed E-state index contributed by atoms with van der Waals surface area (Å²) < 4.78 is 25.9. The third kappa shape index (κ3) is 9.56. The largest absolute Gasteiger partial charge is 0.464 e. The summed E-state index contributed by atoms with van der Waals surface area (Å²) in [6, 6.07) is 13.1. The van der Waals surface area contributed by atoms with Gasteiger partial charge >= 0.3 is 14.5 Å². The second-order valence-corrected chi connectivity index (χ2v) is 12.4. The van der Waals surface area contributed by atoms with E-state index in [1.807, 2.05) is 88.6 Å². The van der Waals surface area contributed by atoms with E-state index < -0.39 is 14.6 Å². The summed E-state index contributed by atoms with van der Waals surface area (Å²) in [6.07, 6.45) is 3.45. The summed E-state index contributed by atoms with van der Waals surface area (Å²) in [7, 11) is -0.109. The van der Waals surface area contributed by atoms with E-state index in [2.05, 4.69) is 20.0 Å². The van der Waals surface area contributed by atoms with E-state index in [9.17, 15) is 4.79 Å². The van der Waals surface area contributed by atoms with Gasteiger partial charge in [0.2, 0.25) is 0 Å². The molecule has 0 radical (unpaired) electrons. The monoisotopic (exact) mass is 612 g/mol. The first-order valence-corrected chi connectivity index (χ1v) is 15.7. The molecule has 3 N–H and O–H groups in total. The Morgan fingerprint density at radius 2 is 1.79 bits per heavy atom. The molecule has 0 aliphatic rings. The van der Waals surface area contributed by atoms with Gasteiger partial charge in [0.1, 0.15) is 23.6 Å². The van der Waals surface area contributed by atoms with E-state index in [4.69, 9.17) is 24.3 Å². The van der Waals surface area contributed by atoms with Crippen molar-refractivity contribution < 1.29 is 23.3 Å². The van der Waals surface area contributed by atoms with Crippen LogP contribution in [0.1, 0.15) is 60.9 Å². The molecule has 2 heterocycles. The minimum atomic E-state index is -1.75. The molecule has 4 rings (SSSR count). The Morgan fingerprint density at radius 1 is 1.07 bits per heavy atom. The van der Waals surface area contributed by atoms with Crippen molar-refractivity contribution in [2.45, 2.75) is 73.1 Å². The predicted molar refractivity (Wildman–Crippen MR) is 172 cm³/mol. The van der Waals surface area contributed by atoms with Crippen LogP contribution in [0.15, 0.2) is 55.1 Å². The zero-order chi connectivity index (χ0) is 31.6. The normalized spacial score (nSPS) is 14.4. The van der Waals surface area contributed by atoms with Crippen molar-refractivity contribution in [1.29, 1.82) is 0 Å². The minimum absolute atomic E-state index is 0.0210. The quantitative estimate of drug-likeness (QED) is 0.128. The number of aromatic nitrogens is 4. The zero-order valence-corrected chi connectivity index (χ0v) is 27.3. The number of ether oxygens (including phenoxy) is 2. The molecular formula is C31H45N6O5P. The van der Waals surface area contributed by atoms with Crippen molar-refractivity contribution in [3.63, 3.8) is 0 Å². The Balaban J connectivity index is 0.00000248. The van der Waals surface area contributed by atoms with E-state index in [1.54, 1.807) is 20.4 Å². The fraction of sp³-hybridized carbons (Fsp3) is 0.484. The first kappa shape index (κ1) is 34.1. The van der Waals surface area contributed by atoms with Gasteiger partial charge in [-0.2, -0.15) is 0 Å². The Labute approximate surface area is 255 Å². The number of hydrogen-bond donors (Lipinski definition) is 2. The Morgan fingerprint density at radius 3 is 2.51 bits per heavy atom. The van der Waals surface area contributed by atoms with Gasteiger partial charge in [-0.3, -0.25) is 4.79 Å². The summed E-state index contributed by atoms with van der Waals surface area (Å²) >= 11 is 0. The maximum atomic E-state index is 12.8. The number of nitrogens with one attached hydrogen (secondary N) is 1. The molecule has 0 saturated heterocycles. The van der Waals surface area contributed by atoms with Crippen molar-refractivity contribution in [3.05, 3.63) is 55.1 Å². The fourth-order valence-electron chi connectivity index (χ4n) is 4.15. The SMILES string of the molecule is CC.COC(COP(NC(C)C(=O)OCC(C)(C)C)Oc1cccc2ccccc12)CC(C)n1cnc2c(N)ncnc21. The molecule has 0 spiro atoms. The molecule has 2 aromatic carbocycles. The van der Waals surface area contributed by atoms with Crippen LogP contribution in [0.25, 0.3) is 21.9 Å². The van der Waals surface area contributed by atoms with Crippen LogP contribution in [0, 0.1) is 5.41 Å². The number of hydrogen-bond acceptors (Lipinski definition) is 10. The number of nitrogen functional groups attached to an aromatic ring is 1. The van der Waals surface area contributed by atoms with Gasteiger partial charge in [-0.1, -0.05) is 71.0 Å². The molecule has 2 aromatic heterocycles. The Bertz CT molecular complexity index is 1450. The van der Waals surface area contributed by atoms with Crippen LogP contribution in [0.3, 0.4) is 0 Å². The van der Waals surface area contributed by atoms with E-state index in [0.717, 1.165) is 10.8 Å². The van der Waals surface area contributed by atoms with Gasteiger partial charge in [0, 0.05) is 18.5 Å². The number of esters is 1. The van der Waals surface area contributed by atoms with E-state index in [-0.39, 0.29) is 30.1 Å². The second-order valence-electron chi connectivity index (χ2n) is 11.2. The molecule has 234 valence electrons. The lowest BCUT2D eigenvalue weighted by atomic mass is 9.99. The highest BCUT2D eigenvalue weighted by Crippen LogP contribution is 2.40. The number of rotatable bonds is 13. The highest BCUT2D eigenvalue weighted by atomic mass is 31.2. The topological polar surface area (TPSA) is 136 Å². The van der Waals surface area contributed by atoms with Crippen molar-refractivity contribution in [2.24, 2.45) is 5.41 Å². The van der Waals surface area contributed by atoms with E-state index in [0.29, 0.717) is 35.8 Å². The number of benzene rings is 2. The fourth-order valence-corrected chi connectivity index (χ4v) is 5.39. The molecule has 43 heavy (non-hydrogen) atoms. The molecule has 12 heteroatoms. The van der Waals surface area contributed by atoms with Gasteiger partial charge < -0.3 is 28.8 Å². The van der Waals surface area contributed by atoms with Crippen LogP contribution in [0.5, 0.6) is 5.75 Å². The molecule has 0 aliphatic carbocycles. The number of methoxy groups -OCH3 is 1. The molecular weight excluding hydrogens is 567 g/mol. The van der Waals surface area contributed by atoms with Gasteiger partial charge in [-0.25, -0.2) is 20.0 Å². The van der Waals surface area contributed by atoms with E-state index >= 15 is 0 Å². The number of anilines is 1. The van der Waals surface area contributed by atoms with Gasteiger partial charge in [-0.15, -0.1) is 0 Å². The highest BCUT2D eigenvalue weighted by molar-refractivity contribution is 7.45. The smallest absolute Gasteiger partial charge is 0.323 e. The molecule has 4 aromatic rings. The number of nitrogens with zero attached hydrogens (tertiary/aromatic N) is 4. The molecule has 0 amide bonds. The van der Waals surface area contributed by atoms with Crippen molar-refractivity contribution in [3.8, 4) is 5.75 Å².